The van der Waals surface area contributed by atoms with Gasteiger partial charge in [0.2, 0.25) is 0 Å². The Morgan fingerprint density at radius 1 is 0.239 bits per heavy atom. The Labute approximate surface area is 692 Å². The molecule has 0 radical (unpaired) electrons. The largest absolute Gasteiger partial charge is 1.00 e. The number of carboxylic acid groups (broad SMARTS) is 10. The maximum Gasteiger partial charge on any atom is 0.341 e. The van der Waals surface area contributed by atoms with Crippen LogP contribution >= 0.6 is 0 Å². The van der Waals surface area contributed by atoms with E-state index in [0.717, 1.165) is 13.1 Å². The molecule has 42 nitrogen and oxygen atoms in total. The van der Waals surface area contributed by atoms with Gasteiger partial charge in [-0.3, -0.25) is 0 Å². The number of aliphatic carboxylic acids is 10. The van der Waals surface area contributed by atoms with E-state index in [1.54, 1.807) is 0 Å². The Hall–Kier alpha value is -12.3. The second-order valence-electron chi connectivity index (χ2n) is 23.7. The second kappa shape index (κ2) is 55.2. The zero-order valence-electron chi connectivity index (χ0n) is 65.0. The number of hydrogen-bond acceptors (Lipinski definition) is 30. The fourth-order valence-electron chi connectivity index (χ4n) is 11.2. The van der Waals surface area contributed by atoms with E-state index in [1.807, 2.05) is 0 Å². The van der Waals surface area contributed by atoms with Crippen molar-refractivity contribution in [2.45, 2.75) is 85.7 Å². The molecule has 0 amide bonds. The summed E-state index contributed by atoms with van der Waals surface area (Å²) < 4.78 is 62.3. The summed E-state index contributed by atoms with van der Waals surface area (Å²) in [4.78, 5) is 121. The molecule has 10 aliphatic rings. The van der Waals surface area contributed by atoms with Crippen molar-refractivity contribution in [3.63, 3.8) is 0 Å². The lowest BCUT2D eigenvalue weighted by atomic mass is 9.94. The zero-order valence-corrected chi connectivity index (χ0v) is 68.2. The molecule has 10 aliphatic carbocycles. The van der Waals surface area contributed by atoms with Gasteiger partial charge in [0.15, 0.2) is 88.8 Å². The third-order valence-corrected chi connectivity index (χ3v) is 15.7. The summed E-state index contributed by atoms with van der Waals surface area (Å²) in [6.45, 7) is 0.667. The van der Waals surface area contributed by atoms with E-state index in [4.69, 9.17) is 47.4 Å². The van der Waals surface area contributed by atoms with Crippen LogP contribution in [-0.4, -0.2) is 177 Å². The highest BCUT2D eigenvalue weighted by Crippen LogP contribution is 2.43. The van der Waals surface area contributed by atoms with Crippen LogP contribution in [0.25, 0.3) is 0 Å². The smallest absolute Gasteiger partial charge is 0.341 e. The highest BCUT2D eigenvalue weighted by Gasteiger charge is 2.27. The molecular weight excluding hydrogens is 1680 g/mol. The first-order valence-corrected chi connectivity index (χ1v) is 32.1. The lowest BCUT2D eigenvalue weighted by molar-refractivity contribution is -0.719. The van der Waals surface area contributed by atoms with Crippen LogP contribution in [0.5, 0.6) is 57.5 Å². The molecule has 0 aliphatic heterocycles. The van der Waals surface area contributed by atoms with Crippen LogP contribution in [0, 0.1) is 27.7 Å². The van der Waals surface area contributed by atoms with Gasteiger partial charge in [-0.05, 0) is 72.8 Å². The fraction of sp³-hybridized carbons (Fsp3) is 0.315. The minimum atomic E-state index is -1.50. The number of pyridine rings is 2. The Morgan fingerprint density at radius 3 is 0.453 bits per heavy atom. The first-order chi connectivity index (χ1) is 49.9. The molecule has 2 heterocycles. The molecule has 44 heteroatoms. The Morgan fingerprint density at radius 2 is 0.350 bits per heavy atom. The average Bonchev–Trinajstić information content (AvgIpc) is 1.38. The van der Waals surface area contributed by atoms with E-state index in [0.29, 0.717) is 0 Å². The predicted octanol–water partition coefficient (Wildman–Crippen LogP) is 1.19. The summed E-state index contributed by atoms with van der Waals surface area (Å²) in [7, 11) is 0. The zero-order chi connectivity index (χ0) is 76.6. The molecule has 117 heavy (non-hydrogen) atoms. The second-order valence-corrected chi connectivity index (χ2v) is 23.7. The summed E-state index contributed by atoms with van der Waals surface area (Å²) in [5.41, 5.74) is 5.08. The molecule has 0 unspecified atom stereocenters. The molecule has 0 saturated carbocycles. The van der Waals surface area contributed by atoms with E-state index in [9.17, 15) is 99.0 Å². The average molecular weight is 1790 g/mol. The molecule has 0 saturated heterocycles. The molecule has 17 rings (SSSR count). The van der Waals surface area contributed by atoms with Crippen LogP contribution in [0.1, 0.15) is 91.3 Å². The lowest BCUT2D eigenvalue weighted by Gasteiger charge is -2.21. The minimum absolute atomic E-state index is 0. The highest BCUT2D eigenvalue weighted by molar-refractivity contribution is 5.74. The van der Waals surface area contributed by atoms with Crippen molar-refractivity contribution in [3.8, 4) is 57.5 Å². The normalized spacial score (nSPS) is 10.2. The van der Waals surface area contributed by atoms with Gasteiger partial charge < -0.3 is 194 Å². The molecular formula is C73H106Br2N12O30. The Kier molecular flexibility index (Phi) is 54.5. The van der Waals surface area contributed by atoms with Crippen molar-refractivity contribution in [3.05, 3.63) is 175 Å². The van der Waals surface area contributed by atoms with Gasteiger partial charge in [-0.15, -0.1) is 0 Å². The molecule has 2 aromatic heterocycles. The van der Waals surface area contributed by atoms with Crippen LogP contribution in [0.4, 0.5) is 0 Å². The SMILES string of the molecule is Cc1cccc(C)[n+]1CCCC[n+]1c(C)cccc1C.N.N.N.N.N.N.N.N.N.N.O=C(O)COc1cc2c(OCC(=O)O)cc1Cc1cc(OCC(=O)O)c(cc1OCC(=O)O)Cc1cc(OCC(=O)O)c(cc1OCC(=O)O)Cc1cc(OCC(=O)O)c(cc1OCC(=O)O)Cc1cc(OCC(=O)O)c(cc1OCC(=O)O)C2.[Br-].[Br-]. The van der Waals surface area contributed by atoms with Crippen molar-refractivity contribution in [2.24, 2.45) is 0 Å². The van der Waals surface area contributed by atoms with E-state index in [1.165, 1.54) is 96.3 Å². The predicted molar refractivity (Wildman–Crippen MR) is 409 cm³/mol. The standard InChI is InChI=1S/C55H50O30.C18H26N2.2BrH.10H3N/c56-46(57)16-76-36-8-28-2-30-10-42(82-22-52(68)69)32(12-40(30)80-20-50(64)65)4-34-14-45(85-25-55(74)75)35(15-44(34)84-24-54(72)73)5-33-13-41(81-21-51(66)67)31(11-43(33)83-23-53(70)71)3-29-9-37(77-17-47(58)59)27(7-39(29)79-19-49(62)63)1-26(36)6-38(28)78-18-48(60)61;1-15-9-7-10-16(2)19(15)13-5-6-14-20-17(3)11-8-12-18(20)4;;;;;;;;;;;;/h6-15H,1-5,16-25H2,(H,56,57)(H,58,59)(H,60,61)(H,62,63)(H,64,65)(H,66,67)(H,68,69)(H,70,71)(H,72,73)(H,74,75);7-12H,5-6,13-14H2,1-4H3;2*1H;10*1H3/q;+2;;;;;;;;;;;;/p-2. The molecule has 0 atom stereocenters. The maximum atomic E-state index is 12.1. The number of hydrogen-bond donors (Lipinski definition) is 20. The van der Waals surface area contributed by atoms with Gasteiger partial charge >= 0.3 is 59.7 Å². The van der Waals surface area contributed by atoms with Crippen LogP contribution < -0.4 is 152 Å². The number of unbranched alkanes of at least 4 members (excludes halogenated alkanes) is 1. The van der Waals surface area contributed by atoms with Gasteiger partial charge in [0.05, 0.1) is 0 Å². The summed E-state index contributed by atoms with van der Waals surface area (Å²) in [5, 5.41) is 98.0. The molecule has 0 fully saturated rings. The summed E-state index contributed by atoms with van der Waals surface area (Å²) in [6.07, 6.45) is 0.0632. The minimum Gasteiger partial charge on any atom is -1.00 e. The molecule has 0 spiro atoms. The summed E-state index contributed by atoms with van der Waals surface area (Å²) >= 11 is 0. The van der Waals surface area contributed by atoms with E-state index >= 15 is 0 Å². The first kappa shape index (κ1) is 116. The van der Waals surface area contributed by atoms with Crippen molar-refractivity contribution in [1.29, 1.82) is 0 Å². The number of benzene rings is 5. The number of ether oxygens (including phenoxy) is 10. The third kappa shape index (κ3) is 35.9. The number of aromatic nitrogens is 2. The van der Waals surface area contributed by atoms with Gasteiger partial charge in [0.25, 0.3) is 0 Å². The van der Waals surface area contributed by atoms with Crippen LogP contribution in [-0.2, 0) is 93.1 Å². The molecule has 652 valence electrons. The highest BCUT2D eigenvalue weighted by atomic mass is 79.9. The van der Waals surface area contributed by atoms with Crippen molar-refractivity contribution in [1.82, 2.24) is 61.5 Å². The number of rotatable bonds is 35. The summed E-state index contributed by atoms with van der Waals surface area (Å²) in [6, 6.07) is 25.1. The lowest BCUT2D eigenvalue weighted by Crippen LogP contribution is -3.00. The number of carboxylic acids is 10. The van der Waals surface area contributed by atoms with E-state index in [2.05, 4.69) is 73.2 Å². The molecule has 40 N–H and O–H groups in total. The van der Waals surface area contributed by atoms with Gasteiger partial charge in [0.1, 0.15) is 70.6 Å². The van der Waals surface area contributed by atoms with Gasteiger partial charge in [-0.25, -0.2) is 57.1 Å². The Bertz CT molecular complexity index is 3650. The van der Waals surface area contributed by atoms with Gasteiger partial charge in [0, 0.05) is 153 Å². The van der Waals surface area contributed by atoms with Crippen LogP contribution in [0.15, 0.2) is 97.1 Å². The first-order valence-electron chi connectivity index (χ1n) is 32.1. The van der Waals surface area contributed by atoms with E-state index in [-0.39, 0.29) is 209 Å². The molecule has 5 aromatic carbocycles. The van der Waals surface area contributed by atoms with Crippen LogP contribution in [0.3, 0.4) is 0 Å². The molecule has 7 aromatic rings. The van der Waals surface area contributed by atoms with E-state index < -0.39 is 158 Å². The Balaban J connectivity index is -0.000000841. The summed E-state index contributed by atoms with van der Waals surface area (Å²) in [5.74, 6) is -17.8. The van der Waals surface area contributed by atoms with Crippen LogP contribution in [0.2, 0.25) is 0 Å². The fourth-order valence-corrected chi connectivity index (χ4v) is 11.2. The van der Waals surface area contributed by atoms with Crippen molar-refractivity contribution < 1.29 is 189 Å². The van der Waals surface area contributed by atoms with Gasteiger partial charge in [-0.1, -0.05) is 0 Å². The number of aryl methyl sites for hydroxylation is 4. The quantitative estimate of drug-likeness (QED) is 0.0196. The van der Waals surface area contributed by atoms with Gasteiger partial charge in [-0.2, -0.15) is 0 Å². The maximum absolute atomic E-state index is 12.1. The number of nitrogens with zero attached hydrogens (tertiary/aromatic N) is 2. The number of carbonyl (C=O) groups is 10. The topological polar surface area (TPSA) is 823 Å². The van der Waals surface area contributed by atoms with Crippen molar-refractivity contribution in [2.75, 3.05) is 66.1 Å². The third-order valence-electron chi connectivity index (χ3n) is 15.7. The molecule has 10 bridgehead atoms. The van der Waals surface area contributed by atoms with Crippen molar-refractivity contribution >= 4 is 59.7 Å². The monoisotopic (exact) mass is 1790 g/mol. The number of halogens is 2.